The minimum atomic E-state index is -2.09. The average Bonchev–Trinajstić information content (AvgIpc) is 2.35. The van der Waals surface area contributed by atoms with Gasteiger partial charge >= 0.3 is 11.9 Å². The van der Waals surface area contributed by atoms with Crippen LogP contribution in [0.15, 0.2) is 24.3 Å². The second kappa shape index (κ2) is 6.13. The van der Waals surface area contributed by atoms with Crippen molar-refractivity contribution in [3.63, 3.8) is 0 Å². The highest BCUT2D eigenvalue weighted by Gasteiger charge is 2.45. The van der Waals surface area contributed by atoms with Crippen LogP contribution in [-0.4, -0.2) is 33.3 Å². The lowest BCUT2D eigenvalue weighted by molar-refractivity contribution is -0.169. The van der Waals surface area contributed by atoms with E-state index >= 15 is 0 Å². The van der Waals surface area contributed by atoms with Crippen LogP contribution in [-0.2, 0) is 20.7 Å². The molecule has 0 heterocycles. The topological polar surface area (TPSA) is 110 Å². The first-order valence-electron chi connectivity index (χ1n) is 6.58. The summed E-state index contributed by atoms with van der Waals surface area (Å²) in [5.74, 6) is -2.26. The molecular formula is C15H21NO5. The molecule has 116 valence electrons. The fourth-order valence-corrected chi connectivity index (χ4v) is 1.67. The number of carbonyl (C=O) groups excluding carboxylic acids is 1. The lowest BCUT2D eigenvalue weighted by Crippen LogP contribution is -2.57. The van der Waals surface area contributed by atoms with Gasteiger partial charge in [0, 0.05) is 0 Å². The number of carboxylic acid groups (broad SMARTS) is 1. The largest absolute Gasteiger partial charge is 0.508 e. The lowest BCUT2D eigenvalue weighted by Gasteiger charge is -2.28. The molecule has 6 nitrogen and oxygen atoms in total. The van der Waals surface area contributed by atoms with E-state index in [2.05, 4.69) is 0 Å². The second-order valence-electron chi connectivity index (χ2n) is 5.94. The molecule has 1 rings (SSSR count). The SMILES string of the molecule is CC(C)(C)OC(=O)C(N)(CCc1ccc(O)cc1)C(=O)O. The highest BCUT2D eigenvalue weighted by molar-refractivity contribution is 6.03. The summed E-state index contributed by atoms with van der Waals surface area (Å²) >= 11 is 0. The maximum absolute atomic E-state index is 12.0. The van der Waals surface area contributed by atoms with Crippen LogP contribution in [0.4, 0.5) is 0 Å². The van der Waals surface area contributed by atoms with Gasteiger partial charge in [-0.3, -0.25) is 0 Å². The molecule has 1 aromatic rings. The number of hydrogen-bond acceptors (Lipinski definition) is 5. The molecule has 0 aliphatic carbocycles. The molecule has 0 saturated carbocycles. The van der Waals surface area contributed by atoms with Crippen molar-refractivity contribution < 1.29 is 24.5 Å². The number of carboxylic acids is 1. The van der Waals surface area contributed by atoms with Crippen molar-refractivity contribution in [2.45, 2.75) is 44.8 Å². The number of benzene rings is 1. The zero-order chi connectivity index (χ0) is 16.3. The Labute approximate surface area is 123 Å². The van der Waals surface area contributed by atoms with Crippen LogP contribution in [0.25, 0.3) is 0 Å². The standard InChI is InChI=1S/C15H21NO5/c1-14(2,3)21-13(20)15(16,12(18)19)9-8-10-4-6-11(17)7-5-10/h4-7,17H,8-9,16H2,1-3H3,(H,18,19). The number of aliphatic carboxylic acids is 1. The highest BCUT2D eigenvalue weighted by Crippen LogP contribution is 2.19. The van der Waals surface area contributed by atoms with Gasteiger partial charge in [-0.05, 0) is 51.3 Å². The molecule has 0 aliphatic rings. The first kappa shape index (κ1) is 17.0. The van der Waals surface area contributed by atoms with Crippen LogP contribution in [0.2, 0.25) is 0 Å². The quantitative estimate of drug-likeness (QED) is 0.560. The highest BCUT2D eigenvalue weighted by atomic mass is 16.6. The van der Waals surface area contributed by atoms with E-state index < -0.39 is 23.1 Å². The number of aromatic hydroxyl groups is 1. The molecule has 0 spiro atoms. The van der Waals surface area contributed by atoms with Crippen molar-refractivity contribution >= 4 is 11.9 Å². The van der Waals surface area contributed by atoms with E-state index in [9.17, 15) is 19.8 Å². The van der Waals surface area contributed by atoms with E-state index in [1.165, 1.54) is 12.1 Å². The van der Waals surface area contributed by atoms with Gasteiger partial charge in [-0.2, -0.15) is 0 Å². The molecule has 1 unspecified atom stereocenters. The van der Waals surface area contributed by atoms with Crippen LogP contribution in [0.3, 0.4) is 0 Å². The van der Waals surface area contributed by atoms with Crippen molar-refractivity contribution in [1.82, 2.24) is 0 Å². The minimum absolute atomic E-state index is 0.0952. The summed E-state index contributed by atoms with van der Waals surface area (Å²) in [7, 11) is 0. The fraction of sp³-hybridized carbons (Fsp3) is 0.467. The van der Waals surface area contributed by atoms with Crippen molar-refractivity contribution in [2.75, 3.05) is 0 Å². The molecule has 0 aromatic heterocycles. The second-order valence-corrected chi connectivity index (χ2v) is 5.94. The maximum atomic E-state index is 12.0. The zero-order valence-corrected chi connectivity index (χ0v) is 12.4. The van der Waals surface area contributed by atoms with E-state index in [1.54, 1.807) is 32.9 Å². The Morgan fingerprint density at radius 2 is 1.71 bits per heavy atom. The normalized spacial score (nSPS) is 14.3. The van der Waals surface area contributed by atoms with Gasteiger partial charge in [-0.25, -0.2) is 9.59 Å². The number of phenolic OH excluding ortho intramolecular Hbond substituents is 1. The fourth-order valence-electron chi connectivity index (χ4n) is 1.67. The van der Waals surface area contributed by atoms with Gasteiger partial charge in [0.25, 0.3) is 0 Å². The summed E-state index contributed by atoms with van der Waals surface area (Å²) in [6.07, 6.45) is 0.185. The molecule has 0 saturated heterocycles. The average molecular weight is 295 g/mol. The van der Waals surface area contributed by atoms with E-state index in [0.717, 1.165) is 5.56 Å². The summed E-state index contributed by atoms with van der Waals surface area (Å²) in [5, 5.41) is 18.5. The number of rotatable bonds is 5. The van der Waals surface area contributed by atoms with Crippen molar-refractivity contribution in [1.29, 1.82) is 0 Å². The number of hydrogen-bond donors (Lipinski definition) is 3. The van der Waals surface area contributed by atoms with Crippen molar-refractivity contribution in [2.24, 2.45) is 5.73 Å². The predicted molar refractivity (Wildman–Crippen MR) is 76.8 cm³/mol. The summed E-state index contributed by atoms with van der Waals surface area (Å²) in [6, 6.07) is 6.27. The number of phenols is 1. The van der Waals surface area contributed by atoms with Crippen molar-refractivity contribution in [3.05, 3.63) is 29.8 Å². The Kier molecular flexibility index (Phi) is 4.96. The minimum Gasteiger partial charge on any atom is -0.508 e. The van der Waals surface area contributed by atoms with Gasteiger partial charge in [0.15, 0.2) is 0 Å². The van der Waals surface area contributed by atoms with Crippen LogP contribution in [0, 0.1) is 0 Å². The third-order valence-corrected chi connectivity index (χ3v) is 2.89. The molecule has 0 radical (unpaired) electrons. The molecule has 0 aliphatic heterocycles. The molecule has 0 bridgehead atoms. The van der Waals surface area contributed by atoms with E-state index in [4.69, 9.17) is 10.5 Å². The third kappa shape index (κ3) is 4.75. The Hall–Kier alpha value is -2.08. The summed E-state index contributed by atoms with van der Waals surface area (Å²) in [6.45, 7) is 4.94. The van der Waals surface area contributed by atoms with Gasteiger partial charge in [0.1, 0.15) is 11.4 Å². The Bertz CT molecular complexity index is 518. The summed E-state index contributed by atoms with van der Waals surface area (Å²) in [5.41, 5.74) is 3.61. The number of nitrogens with two attached hydrogens (primary N) is 1. The van der Waals surface area contributed by atoms with E-state index in [1.807, 2.05) is 0 Å². The number of aryl methyl sites for hydroxylation is 1. The summed E-state index contributed by atoms with van der Waals surface area (Å²) < 4.78 is 5.09. The van der Waals surface area contributed by atoms with Gasteiger partial charge in [0.05, 0.1) is 0 Å². The third-order valence-electron chi connectivity index (χ3n) is 2.89. The molecule has 4 N–H and O–H groups in total. The maximum Gasteiger partial charge on any atom is 0.338 e. The molecular weight excluding hydrogens is 274 g/mol. The van der Waals surface area contributed by atoms with Crippen LogP contribution in [0.5, 0.6) is 5.75 Å². The number of carbonyl (C=O) groups is 2. The first-order valence-corrected chi connectivity index (χ1v) is 6.58. The molecule has 0 amide bonds. The smallest absolute Gasteiger partial charge is 0.338 e. The van der Waals surface area contributed by atoms with Gasteiger partial charge in [0.2, 0.25) is 5.54 Å². The van der Waals surface area contributed by atoms with Gasteiger partial charge in [-0.15, -0.1) is 0 Å². The van der Waals surface area contributed by atoms with Gasteiger partial charge < -0.3 is 20.7 Å². The summed E-state index contributed by atoms with van der Waals surface area (Å²) in [4.78, 5) is 23.4. The zero-order valence-electron chi connectivity index (χ0n) is 12.4. The van der Waals surface area contributed by atoms with Crippen LogP contribution in [0.1, 0.15) is 32.8 Å². The Morgan fingerprint density at radius 3 is 2.14 bits per heavy atom. The molecule has 1 atom stereocenters. The molecule has 6 heteroatoms. The van der Waals surface area contributed by atoms with Crippen LogP contribution < -0.4 is 5.73 Å². The molecule has 1 aromatic carbocycles. The Balaban J connectivity index is 2.83. The first-order chi connectivity index (χ1) is 9.54. The molecule has 21 heavy (non-hydrogen) atoms. The monoisotopic (exact) mass is 295 g/mol. The number of ether oxygens (including phenoxy) is 1. The predicted octanol–water partition coefficient (Wildman–Crippen LogP) is 1.45. The van der Waals surface area contributed by atoms with Crippen molar-refractivity contribution in [3.8, 4) is 5.75 Å². The number of esters is 1. The van der Waals surface area contributed by atoms with E-state index in [-0.39, 0.29) is 18.6 Å². The Morgan fingerprint density at radius 1 is 1.19 bits per heavy atom. The lowest BCUT2D eigenvalue weighted by atomic mass is 9.92. The van der Waals surface area contributed by atoms with Crippen LogP contribution >= 0.6 is 0 Å². The molecule has 0 fully saturated rings. The van der Waals surface area contributed by atoms with Gasteiger partial charge in [-0.1, -0.05) is 12.1 Å². The van der Waals surface area contributed by atoms with E-state index in [0.29, 0.717) is 0 Å².